The monoisotopic (exact) mass is 611 g/mol. The van der Waals surface area contributed by atoms with Crippen LogP contribution >= 0.6 is 11.6 Å². The fourth-order valence-corrected chi connectivity index (χ4v) is 7.79. The molecule has 13 heteroatoms. The summed E-state index contributed by atoms with van der Waals surface area (Å²) in [5.41, 5.74) is 13.1. The Hall–Kier alpha value is -3.19. The van der Waals surface area contributed by atoms with E-state index in [1.807, 2.05) is 28.8 Å². The van der Waals surface area contributed by atoms with Crippen LogP contribution in [-0.4, -0.2) is 82.4 Å². The smallest absolute Gasteiger partial charge is 0.179 e. The number of aromatic amines is 1. The van der Waals surface area contributed by atoms with Crippen LogP contribution in [0.25, 0.3) is 11.2 Å². The van der Waals surface area contributed by atoms with Crippen molar-refractivity contribution in [3.8, 4) is 0 Å². The highest BCUT2D eigenvalue weighted by molar-refractivity contribution is 7.91. The maximum Gasteiger partial charge on any atom is 0.179 e. The summed E-state index contributed by atoms with van der Waals surface area (Å²) in [5.74, 6) is 0.816. The van der Waals surface area contributed by atoms with Gasteiger partial charge in [0.25, 0.3) is 0 Å². The highest BCUT2D eigenvalue weighted by Gasteiger charge is 2.41. The molecular weight excluding hydrogens is 574 g/mol. The van der Waals surface area contributed by atoms with Crippen LogP contribution in [0.1, 0.15) is 41.2 Å². The molecule has 2 fully saturated rings. The molecule has 2 aliphatic rings. The van der Waals surface area contributed by atoms with E-state index in [-0.39, 0.29) is 0 Å². The Morgan fingerprint density at radius 1 is 1.14 bits per heavy atom. The molecule has 1 aromatic carbocycles. The van der Waals surface area contributed by atoms with Gasteiger partial charge < -0.3 is 20.9 Å². The summed E-state index contributed by atoms with van der Waals surface area (Å²) < 4.78 is 27.0. The highest BCUT2D eigenvalue weighted by Crippen LogP contribution is 2.43. The second kappa shape index (κ2) is 10.8. The summed E-state index contributed by atoms with van der Waals surface area (Å²) in [4.78, 5) is 17.3. The minimum atomic E-state index is -3.26. The third kappa shape index (κ3) is 5.04. The molecule has 5 heterocycles. The van der Waals surface area contributed by atoms with Crippen LogP contribution < -0.4 is 16.0 Å². The van der Waals surface area contributed by atoms with Gasteiger partial charge in [-0.25, -0.2) is 18.4 Å². The molecule has 3 aromatic heterocycles. The van der Waals surface area contributed by atoms with E-state index in [1.165, 1.54) is 23.7 Å². The lowest BCUT2D eigenvalue weighted by atomic mass is 9.72. The van der Waals surface area contributed by atoms with Gasteiger partial charge in [-0.15, -0.1) is 0 Å². The van der Waals surface area contributed by atoms with Crippen LogP contribution in [0, 0.1) is 13.8 Å². The minimum absolute atomic E-state index is 0.393. The minimum Gasteiger partial charge on any atom is -0.396 e. The number of likely N-dealkylation sites (tertiary alicyclic amines) is 1. The van der Waals surface area contributed by atoms with Crippen molar-refractivity contribution in [3.63, 3.8) is 0 Å². The topological polar surface area (TPSA) is 138 Å². The van der Waals surface area contributed by atoms with Crippen molar-refractivity contribution >= 4 is 44.0 Å². The molecule has 0 radical (unpaired) electrons. The molecule has 42 heavy (non-hydrogen) atoms. The fourth-order valence-electron chi connectivity index (χ4n) is 6.53. The number of nitrogens with two attached hydrogens (primary N) is 1. The number of halogens is 1. The summed E-state index contributed by atoms with van der Waals surface area (Å²) in [7, 11) is -1.27. The van der Waals surface area contributed by atoms with Crippen molar-refractivity contribution in [2.75, 3.05) is 49.6 Å². The van der Waals surface area contributed by atoms with E-state index in [4.69, 9.17) is 22.3 Å². The lowest BCUT2D eigenvalue weighted by molar-refractivity contribution is 0.168. The Morgan fingerprint density at radius 3 is 2.50 bits per heavy atom. The molecule has 0 aliphatic carbocycles. The molecule has 6 rings (SSSR count). The largest absolute Gasteiger partial charge is 0.396 e. The van der Waals surface area contributed by atoms with Crippen LogP contribution in [0.15, 0.2) is 30.5 Å². The molecule has 0 spiro atoms. The predicted molar refractivity (Wildman–Crippen MR) is 167 cm³/mol. The zero-order chi connectivity index (χ0) is 29.8. The van der Waals surface area contributed by atoms with Crippen molar-refractivity contribution < 1.29 is 8.42 Å². The normalized spacial score (nSPS) is 19.9. The van der Waals surface area contributed by atoms with Gasteiger partial charge in [-0.2, -0.15) is 5.10 Å². The van der Waals surface area contributed by atoms with Crippen molar-refractivity contribution in [1.29, 1.82) is 0 Å². The Balaban J connectivity index is 1.35. The molecule has 0 bridgehead atoms. The van der Waals surface area contributed by atoms with Gasteiger partial charge in [0.2, 0.25) is 0 Å². The second-order valence-corrected chi connectivity index (χ2v) is 14.3. The van der Waals surface area contributed by atoms with Crippen molar-refractivity contribution in [2.24, 2.45) is 7.05 Å². The van der Waals surface area contributed by atoms with Gasteiger partial charge >= 0.3 is 0 Å². The summed E-state index contributed by atoms with van der Waals surface area (Å²) >= 11 is 6.29. The number of pyridine rings is 1. The number of anilines is 2. The number of nitrogens with zero attached hydrogens (tertiary/aromatic N) is 6. The fraction of sp³-hybridized carbons (Fsp3) is 0.483. The number of nitrogens with one attached hydrogen (secondary N) is 2. The average molecular weight is 612 g/mol. The van der Waals surface area contributed by atoms with E-state index < -0.39 is 20.6 Å². The maximum absolute atomic E-state index is 12.5. The predicted octanol–water partition coefficient (Wildman–Crippen LogP) is 2.91. The average Bonchev–Trinajstić information content (AvgIpc) is 3.52. The van der Waals surface area contributed by atoms with Crippen molar-refractivity contribution in [1.82, 2.24) is 34.9 Å². The van der Waals surface area contributed by atoms with Gasteiger partial charge in [-0.1, -0.05) is 23.7 Å². The van der Waals surface area contributed by atoms with Gasteiger partial charge in [0.1, 0.15) is 16.7 Å². The third-order valence-corrected chi connectivity index (χ3v) is 10.9. The summed E-state index contributed by atoms with van der Waals surface area (Å²) in [6, 6.07) is 8.33. The SMILES string of the molecule is Cc1nn(C)c(C)c1CN1CCC(c2ccc(N3CCNCC3S(C)(=O)=O)cc2)(c2nc3ncc(Cl)c(N)c3[nH]2)CC1. The molecular formula is C29H38ClN9O2S. The molecule has 1 atom stereocenters. The standard InChI is InChI=1S/C29H38ClN9O2S/c1-18-22(19(2)37(3)36-18)17-38-12-9-29(10-13-38,28-34-26-25(31)23(30)15-33-27(26)35-28)20-5-7-21(8-6-20)39-14-11-32-16-24(39)42(4,40)41/h5-8,15,24,32H,9-14,16-17H2,1-4H3,(H3,31,33,34,35). The lowest BCUT2D eigenvalue weighted by Crippen LogP contribution is -2.54. The Morgan fingerprint density at radius 2 is 1.86 bits per heavy atom. The number of nitrogen functional groups attached to an aromatic ring is 1. The summed E-state index contributed by atoms with van der Waals surface area (Å²) in [6.45, 7) is 8.54. The van der Waals surface area contributed by atoms with Crippen LogP contribution in [0.2, 0.25) is 5.02 Å². The first-order valence-electron chi connectivity index (χ1n) is 14.3. The quantitative estimate of drug-likeness (QED) is 0.300. The van der Waals surface area contributed by atoms with E-state index in [0.29, 0.717) is 35.0 Å². The number of piperazine rings is 1. The number of imidazole rings is 1. The van der Waals surface area contributed by atoms with Gasteiger partial charge in [-0.05, 0) is 57.5 Å². The Bertz CT molecular complexity index is 1720. The number of hydrogen-bond acceptors (Lipinski definition) is 9. The van der Waals surface area contributed by atoms with Gasteiger partial charge in [0.15, 0.2) is 15.5 Å². The van der Waals surface area contributed by atoms with E-state index in [1.54, 1.807) is 0 Å². The number of hydrogen-bond donors (Lipinski definition) is 3. The number of benzene rings is 1. The summed E-state index contributed by atoms with van der Waals surface area (Å²) in [5, 5.41) is 7.62. The molecule has 2 aliphatic heterocycles. The maximum atomic E-state index is 12.5. The second-order valence-electron chi connectivity index (χ2n) is 11.7. The number of fused-ring (bicyclic) bond motifs is 1. The number of H-pyrrole nitrogens is 1. The first-order valence-corrected chi connectivity index (χ1v) is 16.6. The number of sulfone groups is 1. The lowest BCUT2D eigenvalue weighted by Gasteiger charge is -2.41. The van der Waals surface area contributed by atoms with Gasteiger partial charge in [0, 0.05) is 56.4 Å². The molecule has 0 saturated carbocycles. The van der Waals surface area contributed by atoms with E-state index in [0.717, 1.165) is 61.8 Å². The van der Waals surface area contributed by atoms with Crippen LogP contribution in [0.4, 0.5) is 11.4 Å². The Labute approximate surface area is 251 Å². The number of rotatable bonds is 6. The Kier molecular flexibility index (Phi) is 7.45. The highest BCUT2D eigenvalue weighted by atomic mass is 35.5. The number of aromatic nitrogens is 5. The number of aryl methyl sites for hydroxylation is 2. The molecule has 224 valence electrons. The zero-order valence-corrected chi connectivity index (χ0v) is 26.1. The molecule has 4 N–H and O–H groups in total. The van der Waals surface area contributed by atoms with Crippen LogP contribution in [-0.2, 0) is 28.8 Å². The van der Waals surface area contributed by atoms with E-state index >= 15 is 0 Å². The first kappa shape index (κ1) is 28.9. The van der Waals surface area contributed by atoms with Crippen LogP contribution in [0.5, 0.6) is 0 Å². The van der Waals surface area contributed by atoms with Crippen molar-refractivity contribution in [3.05, 3.63) is 63.8 Å². The molecule has 11 nitrogen and oxygen atoms in total. The zero-order valence-electron chi connectivity index (χ0n) is 24.5. The van der Waals surface area contributed by atoms with Crippen molar-refractivity contribution in [2.45, 2.75) is 44.0 Å². The van der Waals surface area contributed by atoms with Gasteiger partial charge in [-0.3, -0.25) is 9.58 Å². The molecule has 2 saturated heterocycles. The third-order valence-electron chi connectivity index (χ3n) is 9.16. The first-order chi connectivity index (χ1) is 20.0. The molecule has 4 aromatic rings. The molecule has 1 unspecified atom stereocenters. The van der Waals surface area contributed by atoms with E-state index in [2.05, 4.69) is 51.3 Å². The van der Waals surface area contributed by atoms with Crippen LogP contribution in [0.3, 0.4) is 0 Å². The number of piperidine rings is 1. The molecule has 0 amide bonds. The van der Waals surface area contributed by atoms with E-state index in [9.17, 15) is 8.42 Å². The van der Waals surface area contributed by atoms with Gasteiger partial charge in [0.05, 0.1) is 28.0 Å². The summed E-state index contributed by atoms with van der Waals surface area (Å²) in [6.07, 6.45) is 4.50.